The molecule has 0 unspecified atom stereocenters. The SMILES string of the molecule is CC[C-](Oc1ccc(-c2cccc(-c3cc(C(C)(C)C)cc4c3[nH]c3ccc(C(C)(C)C)cc34)c2O)cc1C)Oc1ccc(-c2cccc(-c3cc(C(C)(C)C)cc4c3[nH]c3ccc(C(C)(C)C)cc34)c2O)cc1C.[Zr]. The number of fused-ring (bicyclic) bond motifs is 6. The molecular formula is C69H73N2O4Zr-. The van der Waals surface area contributed by atoms with E-state index in [0.29, 0.717) is 24.2 Å². The quantitative estimate of drug-likeness (QED) is 0.108. The number of hydrogen-bond acceptors (Lipinski definition) is 4. The van der Waals surface area contributed by atoms with E-state index in [2.05, 4.69) is 166 Å². The number of aromatic amines is 2. The Kier molecular flexibility index (Phi) is 14.1. The second-order valence-corrected chi connectivity index (χ2v) is 25.0. The fraction of sp³-hybridized carbons (Fsp3) is 0.290. The van der Waals surface area contributed by atoms with Gasteiger partial charge in [-0.25, -0.2) is 0 Å². The van der Waals surface area contributed by atoms with Crippen molar-refractivity contribution < 1.29 is 45.9 Å². The molecule has 388 valence electrons. The molecule has 10 aromatic rings. The predicted octanol–water partition coefficient (Wildman–Crippen LogP) is 19.2. The molecule has 6 nitrogen and oxygen atoms in total. The molecule has 0 radical (unpaired) electrons. The minimum Gasteiger partial charge on any atom is -0.619 e. The van der Waals surface area contributed by atoms with E-state index >= 15 is 0 Å². The van der Waals surface area contributed by atoms with Gasteiger partial charge in [0.25, 0.3) is 0 Å². The minimum absolute atomic E-state index is 0. The summed E-state index contributed by atoms with van der Waals surface area (Å²) in [5.74, 6) is 1.80. The summed E-state index contributed by atoms with van der Waals surface area (Å²) in [6, 6.07) is 46.6. The zero-order valence-electron chi connectivity index (χ0n) is 47.1. The van der Waals surface area contributed by atoms with Crippen LogP contribution in [0.4, 0.5) is 0 Å². The minimum atomic E-state index is -0.115. The molecule has 76 heavy (non-hydrogen) atoms. The summed E-state index contributed by atoms with van der Waals surface area (Å²) in [7, 11) is 0. The maximum absolute atomic E-state index is 12.2. The van der Waals surface area contributed by atoms with Gasteiger partial charge < -0.3 is 29.7 Å². The molecular weight excluding hydrogens is 1010 g/mol. The molecule has 0 fully saturated rings. The first-order valence-electron chi connectivity index (χ1n) is 26.6. The van der Waals surface area contributed by atoms with Gasteiger partial charge in [0.15, 0.2) is 0 Å². The molecule has 0 aliphatic rings. The fourth-order valence-corrected chi connectivity index (χ4v) is 10.5. The fourth-order valence-electron chi connectivity index (χ4n) is 10.5. The van der Waals surface area contributed by atoms with Crippen LogP contribution in [0.1, 0.15) is 130 Å². The summed E-state index contributed by atoms with van der Waals surface area (Å²) >= 11 is 0. The van der Waals surface area contributed by atoms with Crippen molar-refractivity contribution in [2.24, 2.45) is 0 Å². The van der Waals surface area contributed by atoms with Crippen LogP contribution in [-0.4, -0.2) is 20.2 Å². The normalized spacial score (nSPS) is 12.6. The van der Waals surface area contributed by atoms with E-state index in [0.717, 1.165) is 88.5 Å². The maximum atomic E-state index is 12.2. The van der Waals surface area contributed by atoms with Crippen molar-refractivity contribution in [1.29, 1.82) is 0 Å². The van der Waals surface area contributed by atoms with Crippen LogP contribution in [-0.2, 0) is 47.9 Å². The average Bonchev–Trinajstić information content (AvgIpc) is 3.95. The zero-order valence-corrected chi connectivity index (χ0v) is 49.6. The summed E-state index contributed by atoms with van der Waals surface area (Å²) in [6.07, 6.45) is 0.984. The Labute approximate surface area is 469 Å². The Morgan fingerprint density at radius 1 is 0.408 bits per heavy atom. The van der Waals surface area contributed by atoms with Crippen LogP contribution in [0.2, 0.25) is 0 Å². The molecule has 0 aliphatic heterocycles. The van der Waals surface area contributed by atoms with Gasteiger partial charge in [0.2, 0.25) is 0 Å². The van der Waals surface area contributed by atoms with Crippen LogP contribution in [0.5, 0.6) is 23.0 Å². The Bertz CT molecular complexity index is 3610. The molecule has 0 atom stereocenters. The summed E-state index contributed by atoms with van der Waals surface area (Å²) in [5, 5.41) is 29.1. The summed E-state index contributed by atoms with van der Waals surface area (Å²) < 4.78 is 13.0. The number of phenolic OH excluding ortho intramolecular Hbond substituents is 2. The van der Waals surface area contributed by atoms with Crippen molar-refractivity contribution >= 4 is 43.6 Å². The maximum Gasteiger partial charge on any atom is 0.131 e. The smallest absolute Gasteiger partial charge is 0.131 e. The van der Waals surface area contributed by atoms with Crippen molar-refractivity contribution in [1.82, 2.24) is 9.97 Å². The van der Waals surface area contributed by atoms with E-state index < -0.39 is 0 Å². The molecule has 0 saturated heterocycles. The summed E-state index contributed by atoms with van der Waals surface area (Å²) in [6.45, 7) is 33.0. The molecule has 0 aliphatic carbocycles. The second-order valence-electron chi connectivity index (χ2n) is 25.0. The first kappa shape index (κ1) is 54.2. The zero-order chi connectivity index (χ0) is 53.7. The monoisotopic (exact) mass is 1080 g/mol. The van der Waals surface area contributed by atoms with Crippen molar-refractivity contribution in [2.75, 3.05) is 0 Å². The molecule has 4 N–H and O–H groups in total. The molecule has 2 heterocycles. The van der Waals surface area contributed by atoms with Gasteiger partial charge in [-0.15, -0.1) is 6.42 Å². The van der Waals surface area contributed by atoms with Gasteiger partial charge in [0, 0.05) is 98.5 Å². The van der Waals surface area contributed by atoms with Crippen LogP contribution < -0.4 is 9.47 Å². The summed E-state index contributed by atoms with van der Waals surface area (Å²) in [5.41, 5.74) is 17.5. The number of ether oxygens (including phenoxy) is 2. The largest absolute Gasteiger partial charge is 0.619 e. The van der Waals surface area contributed by atoms with Crippen LogP contribution in [0.3, 0.4) is 0 Å². The number of nitrogens with one attached hydrogen (secondary N) is 2. The van der Waals surface area contributed by atoms with Gasteiger partial charge in [-0.2, -0.15) is 0 Å². The Morgan fingerprint density at radius 3 is 1.11 bits per heavy atom. The van der Waals surface area contributed by atoms with Crippen molar-refractivity contribution in [3.05, 3.63) is 173 Å². The first-order valence-corrected chi connectivity index (χ1v) is 26.6. The average molecular weight is 1090 g/mol. The number of H-pyrrole nitrogens is 2. The van der Waals surface area contributed by atoms with E-state index in [9.17, 15) is 10.2 Å². The Balaban J connectivity index is 0.00000706. The van der Waals surface area contributed by atoms with Crippen LogP contribution in [0, 0.1) is 20.1 Å². The van der Waals surface area contributed by atoms with Gasteiger partial charge in [0.1, 0.15) is 11.5 Å². The van der Waals surface area contributed by atoms with Gasteiger partial charge in [-0.05, 0) is 153 Å². The van der Waals surface area contributed by atoms with Crippen molar-refractivity contribution in [2.45, 2.75) is 132 Å². The first-order chi connectivity index (χ1) is 35.3. The van der Waals surface area contributed by atoms with E-state index in [1.54, 1.807) is 0 Å². The molecule has 10 rings (SSSR count). The molecule has 2 aromatic heterocycles. The van der Waals surface area contributed by atoms with Gasteiger partial charge in [0.05, 0.1) is 22.5 Å². The van der Waals surface area contributed by atoms with Gasteiger partial charge in [-0.1, -0.05) is 151 Å². The second kappa shape index (κ2) is 19.8. The van der Waals surface area contributed by atoms with E-state index in [1.807, 2.05) is 81.4 Å². The third-order valence-electron chi connectivity index (χ3n) is 15.2. The number of aromatic nitrogens is 2. The van der Waals surface area contributed by atoms with E-state index in [1.165, 1.54) is 33.0 Å². The predicted molar refractivity (Wildman–Crippen MR) is 316 cm³/mol. The number of aryl methyl sites for hydroxylation is 2. The standard InChI is InChI=1S/C69H73N2O4.Zr/c1-16-61(74-59-29-23-41(31-39(59)2)47-19-17-21-49(64(47)72)53-35-45(68(10,11)12)37-55-51-33-43(66(4,5)6)25-27-57(51)70-62(53)55)75-60-30-24-42(32-40(60)3)48-20-18-22-50(65(48)73)54-36-46(69(13,14)15)38-56-52-34-44(67(7,8)9)26-28-58(52)71-63(54)56;/h17-38,70-73H,16H2,1-15H3;/q-1;. The number of hydrogen-bond donors (Lipinski definition) is 4. The van der Waals surface area contributed by atoms with Crippen molar-refractivity contribution in [3.8, 4) is 67.5 Å². The third kappa shape index (κ3) is 10.1. The Hall–Kier alpha value is -6.56. The van der Waals surface area contributed by atoms with E-state index in [4.69, 9.17) is 9.47 Å². The van der Waals surface area contributed by atoms with Gasteiger partial charge >= 0.3 is 0 Å². The third-order valence-corrected chi connectivity index (χ3v) is 15.2. The van der Waals surface area contributed by atoms with Crippen LogP contribution >= 0.6 is 0 Å². The van der Waals surface area contributed by atoms with Crippen LogP contribution in [0.15, 0.2) is 133 Å². The Morgan fingerprint density at radius 2 is 0.763 bits per heavy atom. The number of phenols is 2. The molecule has 0 amide bonds. The molecule has 8 aromatic carbocycles. The summed E-state index contributed by atoms with van der Waals surface area (Å²) in [4.78, 5) is 7.47. The molecule has 0 spiro atoms. The topological polar surface area (TPSA) is 90.5 Å². The molecule has 0 bridgehead atoms. The number of benzene rings is 8. The number of aromatic hydroxyl groups is 2. The van der Waals surface area contributed by atoms with Gasteiger partial charge in [-0.3, -0.25) is 0 Å². The van der Waals surface area contributed by atoms with E-state index in [-0.39, 0.29) is 59.4 Å². The van der Waals surface area contributed by atoms with Crippen molar-refractivity contribution in [3.63, 3.8) is 0 Å². The number of rotatable bonds is 9. The van der Waals surface area contributed by atoms with Crippen LogP contribution in [0.25, 0.3) is 88.1 Å². The number of para-hydroxylation sites is 2. The molecule has 0 saturated carbocycles. The molecule has 7 heteroatoms.